The fourth-order valence-corrected chi connectivity index (χ4v) is 3.30. The van der Waals surface area contributed by atoms with Gasteiger partial charge >= 0.3 is 0 Å². The molecule has 0 aliphatic heterocycles. The average Bonchev–Trinajstić information content (AvgIpc) is 3.11. The van der Waals surface area contributed by atoms with Gasteiger partial charge in [0.05, 0.1) is 0 Å². The molecule has 2 rings (SSSR count). The minimum Gasteiger partial charge on any atom is -0.314 e. The zero-order chi connectivity index (χ0) is 12.1. The van der Waals surface area contributed by atoms with Crippen LogP contribution in [0, 0.1) is 17.8 Å². The van der Waals surface area contributed by atoms with Crippen molar-refractivity contribution >= 4 is 0 Å². The van der Waals surface area contributed by atoms with Crippen molar-refractivity contribution in [2.24, 2.45) is 17.8 Å². The second-order valence-corrected chi connectivity index (χ2v) is 6.75. The van der Waals surface area contributed by atoms with Gasteiger partial charge in [-0.25, -0.2) is 0 Å². The van der Waals surface area contributed by atoms with E-state index >= 15 is 0 Å². The van der Waals surface area contributed by atoms with Crippen LogP contribution in [-0.4, -0.2) is 12.6 Å². The van der Waals surface area contributed by atoms with Crippen LogP contribution in [0.1, 0.15) is 71.6 Å². The molecule has 2 atom stereocenters. The third-order valence-corrected chi connectivity index (χ3v) is 4.88. The van der Waals surface area contributed by atoms with Gasteiger partial charge in [-0.05, 0) is 56.4 Å². The first-order valence-corrected chi connectivity index (χ1v) is 7.99. The summed E-state index contributed by atoms with van der Waals surface area (Å²) in [5.41, 5.74) is 0. The molecule has 2 aliphatic carbocycles. The summed E-state index contributed by atoms with van der Waals surface area (Å²) in [6.45, 7) is 6.07. The normalized spacial score (nSPS) is 30.5. The van der Waals surface area contributed by atoms with Crippen LogP contribution < -0.4 is 5.32 Å². The molecule has 0 amide bonds. The summed E-state index contributed by atoms with van der Waals surface area (Å²) in [5, 5.41) is 3.80. The number of hydrogen-bond acceptors (Lipinski definition) is 1. The minimum absolute atomic E-state index is 0.831. The molecule has 0 aromatic heterocycles. The van der Waals surface area contributed by atoms with Gasteiger partial charge < -0.3 is 5.32 Å². The Labute approximate surface area is 108 Å². The van der Waals surface area contributed by atoms with E-state index in [2.05, 4.69) is 19.2 Å². The lowest BCUT2D eigenvalue weighted by atomic mass is 9.89. The Bertz CT molecular complexity index is 208. The highest BCUT2D eigenvalue weighted by Crippen LogP contribution is 2.33. The minimum atomic E-state index is 0.831. The molecule has 0 spiro atoms. The molecule has 2 saturated carbocycles. The van der Waals surface area contributed by atoms with Crippen molar-refractivity contribution in [1.82, 2.24) is 5.32 Å². The molecule has 1 heteroatoms. The van der Waals surface area contributed by atoms with Crippen molar-refractivity contribution < 1.29 is 0 Å². The molecule has 0 radical (unpaired) electrons. The van der Waals surface area contributed by atoms with Crippen LogP contribution in [0.2, 0.25) is 0 Å². The van der Waals surface area contributed by atoms with Gasteiger partial charge in [0.2, 0.25) is 0 Å². The Morgan fingerprint density at radius 1 is 1.00 bits per heavy atom. The Morgan fingerprint density at radius 2 is 1.82 bits per heavy atom. The third-order valence-electron chi connectivity index (χ3n) is 4.88. The lowest BCUT2D eigenvalue weighted by Gasteiger charge is -2.19. The Hall–Kier alpha value is -0.0400. The van der Waals surface area contributed by atoms with Gasteiger partial charge in [0.15, 0.2) is 0 Å². The van der Waals surface area contributed by atoms with Crippen LogP contribution in [0.4, 0.5) is 0 Å². The maximum Gasteiger partial charge on any atom is 0.00671 e. The predicted octanol–water partition coefficient (Wildman–Crippen LogP) is 4.37. The molecule has 2 unspecified atom stereocenters. The summed E-state index contributed by atoms with van der Waals surface area (Å²) >= 11 is 0. The summed E-state index contributed by atoms with van der Waals surface area (Å²) in [6.07, 6.45) is 13.1. The average molecular weight is 237 g/mol. The largest absolute Gasteiger partial charge is 0.314 e. The molecule has 17 heavy (non-hydrogen) atoms. The standard InChI is InChI=1S/C16H31N/c1-13(2)15-6-3-7-16(11-10-15)17-12-4-5-14-8-9-14/h13-17H,3-12H2,1-2H3. The lowest BCUT2D eigenvalue weighted by molar-refractivity contribution is 0.337. The smallest absolute Gasteiger partial charge is 0.00671 e. The van der Waals surface area contributed by atoms with Crippen molar-refractivity contribution in [3.8, 4) is 0 Å². The van der Waals surface area contributed by atoms with E-state index in [-0.39, 0.29) is 0 Å². The first kappa shape index (κ1) is 13.4. The molecule has 2 aliphatic rings. The maximum absolute atomic E-state index is 3.80. The number of rotatable bonds is 6. The monoisotopic (exact) mass is 237 g/mol. The first-order valence-electron chi connectivity index (χ1n) is 7.99. The second-order valence-electron chi connectivity index (χ2n) is 6.75. The Balaban J connectivity index is 1.57. The highest BCUT2D eigenvalue weighted by molar-refractivity contribution is 4.77. The SMILES string of the molecule is CC(C)C1CCCC(NCCCC2CC2)CC1. The van der Waals surface area contributed by atoms with Crippen LogP contribution in [0.5, 0.6) is 0 Å². The lowest BCUT2D eigenvalue weighted by Crippen LogP contribution is -2.29. The molecule has 1 nitrogen and oxygen atoms in total. The number of hydrogen-bond donors (Lipinski definition) is 1. The zero-order valence-corrected chi connectivity index (χ0v) is 11.9. The molecule has 0 bridgehead atoms. The molecule has 0 heterocycles. The van der Waals surface area contributed by atoms with Gasteiger partial charge in [-0.2, -0.15) is 0 Å². The number of nitrogens with one attached hydrogen (secondary N) is 1. The van der Waals surface area contributed by atoms with E-state index in [1.54, 1.807) is 0 Å². The highest BCUT2D eigenvalue weighted by Gasteiger charge is 2.22. The second kappa shape index (κ2) is 6.78. The molecular formula is C16H31N. The highest BCUT2D eigenvalue weighted by atomic mass is 14.9. The van der Waals surface area contributed by atoms with Gasteiger partial charge in [-0.3, -0.25) is 0 Å². The van der Waals surface area contributed by atoms with Crippen LogP contribution in [-0.2, 0) is 0 Å². The van der Waals surface area contributed by atoms with Crippen LogP contribution >= 0.6 is 0 Å². The van der Waals surface area contributed by atoms with Crippen molar-refractivity contribution in [2.45, 2.75) is 77.7 Å². The molecule has 2 fully saturated rings. The fraction of sp³-hybridized carbons (Fsp3) is 1.00. The zero-order valence-electron chi connectivity index (χ0n) is 11.9. The topological polar surface area (TPSA) is 12.0 Å². The summed E-state index contributed by atoms with van der Waals surface area (Å²) in [5.74, 6) is 2.99. The van der Waals surface area contributed by atoms with E-state index < -0.39 is 0 Å². The van der Waals surface area contributed by atoms with Crippen LogP contribution in [0.15, 0.2) is 0 Å². The van der Waals surface area contributed by atoms with Crippen LogP contribution in [0.3, 0.4) is 0 Å². The van der Waals surface area contributed by atoms with Crippen LogP contribution in [0.25, 0.3) is 0 Å². The van der Waals surface area contributed by atoms with E-state index in [0.29, 0.717) is 0 Å². The maximum atomic E-state index is 3.80. The summed E-state index contributed by atoms with van der Waals surface area (Å²) in [4.78, 5) is 0. The third kappa shape index (κ3) is 4.99. The summed E-state index contributed by atoms with van der Waals surface area (Å²) in [6, 6.07) is 0.831. The van der Waals surface area contributed by atoms with E-state index in [1.807, 2.05) is 0 Å². The van der Waals surface area contributed by atoms with E-state index in [9.17, 15) is 0 Å². The molecule has 1 N–H and O–H groups in total. The van der Waals surface area contributed by atoms with Crippen molar-refractivity contribution in [1.29, 1.82) is 0 Å². The van der Waals surface area contributed by atoms with E-state index in [0.717, 1.165) is 23.8 Å². The molecule has 0 aromatic rings. The quantitative estimate of drug-likeness (QED) is 0.534. The Morgan fingerprint density at radius 3 is 2.53 bits per heavy atom. The summed E-state index contributed by atoms with van der Waals surface area (Å²) in [7, 11) is 0. The molecule has 0 aromatic carbocycles. The van der Waals surface area contributed by atoms with Gasteiger partial charge in [0, 0.05) is 6.04 Å². The molecule has 100 valence electrons. The van der Waals surface area contributed by atoms with Crippen molar-refractivity contribution in [3.05, 3.63) is 0 Å². The first-order chi connectivity index (χ1) is 8.25. The van der Waals surface area contributed by atoms with E-state index in [4.69, 9.17) is 0 Å². The van der Waals surface area contributed by atoms with Crippen molar-refractivity contribution in [2.75, 3.05) is 6.54 Å². The summed E-state index contributed by atoms with van der Waals surface area (Å²) < 4.78 is 0. The van der Waals surface area contributed by atoms with Gasteiger partial charge in [-0.15, -0.1) is 0 Å². The molecular weight excluding hydrogens is 206 g/mol. The van der Waals surface area contributed by atoms with Crippen molar-refractivity contribution in [3.63, 3.8) is 0 Å². The van der Waals surface area contributed by atoms with Gasteiger partial charge in [-0.1, -0.05) is 39.5 Å². The molecule has 0 saturated heterocycles. The Kier molecular flexibility index (Phi) is 5.34. The van der Waals surface area contributed by atoms with Gasteiger partial charge in [0.1, 0.15) is 0 Å². The van der Waals surface area contributed by atoms with Gasteiger partial charge in [0.25, 0.3) is 0 Å². The predicted molar refractivity (Wildman–Crippen MR) is 75.2 cm³/mol. The van der Waals surface area contributed by atoms with E-state index in [1.165, 1.54) is 64.3 Å². The fourth-order valence-electron chi connectivity index (χ4n) is 3.30.